The smallest absolute Gasteiger partial charge is 0.251 e. The largest absolute Gasteiger partial charge is 0.497 e. The average Bonchev–Trinajstić information content (AvgIpc) is 2.81. The highest BCUT2D eigenvalue weighted by Gasteiger charge is 2.14. The summed E-state index contributed by atoms with van der Waals surface area (Å²) in [5, 5.41) is 5.55. The second kappa shape index (κ2) is 10.8. The molecule has 154 valence electrons. The molecule has 3 aromatic carbocycles. The van der Waals surface area contributed by atoms with Gasteiger partial charge in [-0.1, -0.05) is 60.7 Å². The highest BCUT2D eigenvalue weighted by molar-refractivity contribution is 5.96. The lowest BCUT2D eigenvalue weighted by Crippen LogP contribution is -2.37. The molecule has 0 saturated heterocycles. The van der Waals surface area contributed by atoms with Crippen LogP contribution in [0.15, 0.2) is 84.9 Å². The summed E-state index contributed by atoms with van der Waals surface area (Å²) in [6.07, 6.45) is 0.770. The summed E-state index contributed by atoms with van der Waals surface area (Å²) in [4.78, 5) is 24.4. The van der Waals surface area contributed by atoms with Crippen molar-refractivity contribution in [2.24, 2.45) is 0 Å². The lowest BCUT2D eigenvalue weighted by Gasteiger charge is -2.18. The molecule has 3 aromatic rings. The third-order valence-electron chi connectivity index (χ3n) is 4.92. The number of amides is 2. The van der Waals surface area contributed by atoms with Crippen molar-refractivity contribution in [1.29, 1.82) is 0 Å². The highest BCUT2D eigenvalue weighted by atomic mass is 16.5. The molecule has 0 aliphatic carbocycles. The third kappa shape index (κ3) is 5.95. The molecule has 0 aliphatic heterocycles. The molecule has 0 heterocycles. The first-order valence-electron chi connectivity index (χ1n) is 9.96. The van der Waals surface area contributed by atoms with Gasteiger partial charge >= 0.3 is 0 Å². The fraction of sp³-hybridized carbons (Fsp3) is 0.200. The zero-order chi connectivity index (χ0) is 21.2. The molecule has 0 radical (unpaired) electrons. The van der Waals surface area contributed by atoms with Crippen LogP contribution >= 0.6 is 0 Å². The van der Waals surface area contributed by atoms with Gasteiger partial charge < -0.3 is 15.4 Å². The van der Waals surface area contributed by atoms with E-state index in [2.05, 4.69) is 34.9 Å². The van der Waals surface area contributed by atoms with E-state index in [9.17, 15) is 9.59 Å². The van der Waals surface area contributed by atoms with Crippen LogP contribution in [0.1, 0.15) is 33.8 Å². The van der Waals surface area contributed by atoms with Crippen LogP contribution in [0.25, 0.3) is 0 Å². The standard InChI is InChI=1S/C25H26N2O3/c1-30-22-14-12-21(13-15-22)25(29)27-18-24(28)26-17-16-23(19-8-4-2-5-9-19)20-10-6-3-7-11-20/h2-15,23H,16-18H2,1H3,(H,26,28)(H,27,29). The Morgan fingerprint density at radius 2 is 1.37 bits per heavy atom. The van der Waals surface area contributed by atoms with E-state index in [1.807, 2.05) is 36.4 Å². The molecule has 5 heteroatoms. The summed E-state index contributed by atoms with van der Waals surface area (Å²) in [6.45, 7) is 0.456. The Labute approximate surface area is 177 Å². The quantitative estimate of drug-likeness (QED) is 0.573. The Bertz CT molecular complexity index is 902. The summed E-state index contributed by atoms with van der Waals surface area (Å²) in [5.74, 6) is 0.369. The number of carbonyl (C=O) groups is 2. The zero-order valence-corrected chi connectivity index (χ0v) is 17.0. The van der Waals surface area contributed by atoms with Crippen molar-refractivity contribution in [3.05, 3.63) is 102 Å². The SMILES string of the molecule is COc1ccc(C(=O)NCC(=O)NCCC(c2ccccc2)c2ccccc2)cc1. The van der Waals surface area contributed by atoms with Gasteiger partial charge in [-0.05, 0) is 41.8 Å². The maximum absolute atomic E-state index is 12.2. The van der Waals surface area contributed by atoms with Crippen LogP contribution in [0.4, 0.5) is 0 Å². The number of ether oxygens (including phenoxy) is 1. The molecule has 0 aromatic heterocycles. The van der Waals surface area contributed by atoms with Crippen LogP contribution in [-0.2, 0) is 4.79 Å². The summed E-state index contributed by atoms with van der Waals surface area (Å²) in [7, 11) is 1.57. The van der Waals surface area contributed by atoms with Crippen molar-refractivity contribution < 1.29 is 14.3 Å². The Hall–Kier alpha value is -3.60. The molecule has 0 bridgehead atoms. The topological polar surface area (TPSA) is 67.4 Å². The third-order valence-corrected chi connectivity index (χ3v) is 4.92. The molecule has 0 aliphatic rings. The van der Waals surface area contributed by atoms with Crippen molar-refractivity contribution in [3.63, 3.8) is 0 Å². The number of rotatable bonds is 9. The minimum absolute atomic E-state index is 0.0633. The number of hydrogen-bond acceptors (Lipinski definition) is 3. The summed E-state index contributed by atoms with van der Waals surface area (Å²) >= 11 is 0. The van der Waals surface area contributed by atoms with Gasteiger partial charge in [-0.3, -0.25) is 9.59 Å². The van der Waals surface area contributed by atoms with E-state index >= 15 is 0 Å². The van der Waals surface area contributed by atoms with E-state index in [1.54, 1.807) is 31.4 Å². The Morgan fingerprint density at radius 1 is 0.800 bits per heavy atom. The van der Waals surface area contributed by atoms with E-state index < -0.39 is 0 Å². The zero-order valence-electron chi connectivity index (χ0n) is 17.0. The van der Waals surface area contributed by atoms with Gasteiger partial charge in [0.2, 0.25) is 5.91 Å². The molecule has 0 atom stereocenters. The fourth-order valence-electron chi connectivity index (χ4n) is 3.32. The molecule has 0 spiro atoms. The van der Waals surface area contributed by atoms with Crippen LogP contribution in [0.2, 0.25) is 0 Å². The second-order valence-electron chi connectivity index (χ2n) is 6.92. The van der Waals surface area contributed by atoms with Crippen molar-refractivity contribution in [2.75, 3.05) is 20.2 Å². The first-order valence-corrected chi connectivity index (χ1v) is 9.96. The number of benzene rings is 3. The van der Waals surface area contributed by atoms with Crippen molar-refractivity contribution in [3.8, 4) is 5.75 Å². The summed E-state index contributed by atoms with van der Waals surface area (Å²) in [5.41, 5.74) is 2.91. The second-order valence-corrected chi connectivity index (χ2v) is 6.92. The minimum Gasteiger partial charge on any atom is -0.497 e. The van der Waals surface area contributed by atoms with E-state index in [4.69, 9.17) is 4.74 Å². The molecular formula is C25H26N2O3. The highest BCUT2D eigenvalue weighted by Crippen LogP contribution is 2.27. The van der Waals surface area contributed by atoms with E-state index in [-0.39, 0.29) is 24.3 Å². The molecule has 0 saturated carbocycles. The van der Waals surface area contributed by atoms with Crippen LogP contribution in [-0.4, -0.2) is 32.0 Å². The van der Waals surface area contributed by atoms with Crippen LogP contribution in [0.3, 0.4) is 0 Å². The van der Waals surface area contributed by atoms with Crippen molar-refractivity contribution in [1.82, 2.24) is 10.6 Å². The lowest BCUT2D eigenvalue weighted by molar-refractivity contribution is -0.120. The molecule has 0 fully saturated rings. The van der Waals surface area contributed by atoms with Gasteiger partial charge in [-0.25, -0.2) is 0 Å². The predicted molar refractivity (Wildman–Crippen MR) is 118 cm³/mol. The van der Waals surface area contributed by atoms with Crippen LogP contribution < -0.4 is 15.4 Å². The predicted octanol–water partition coefficient (Wildman–Crippen LogP) is 3.76. The van der Waals surface area contributed by atoms with E-state index in [0.29, 0.717) is 17.9 Å². The van der Waals surface area contributed by atoms with Gasteiger partial charge in [-0.2, -0.15) is 0 Å². The summed E-state index contributed by atoms with van der Waals surface area (Å²) in [6, 6.07) is 27.3. The van der Waals surface area contributed by atoms with Crippen molar-refractivity contribution in [2.45, 2.75) is 12.3 Å². The Balaban J connectivity index is 1.50. The van der Waals surface area contributed by atoms with Gasteiger partial charge in [-0.15, -0.1) is 0 Å². The Kier molecular flexibility index (Phi) is 7.61. The first-order chi connectivity index (χ1) is 14.7. The number of carbonyl (C=O) groups excluding carboxylic acids is 2. The van der Waals surface area contributed by atoms with E-state index in [0.717, 1.165) is 6.42 Å². The maximum atomic E-state index is 12.2. The number of nitrogens with one attached hydrogen (secondary N) is 2. The number of methoxy groups -OCH3 is 1. The van der Waals surface area contributed by atoms with Crippen LogP contribution in [0, 0.1) is 0 Å². The van der Waals surface area contributed by atoms with Gasteiger partial charge in [0.05, 0.1) is 13.7 Å². The molecule has 2 amide bonds. The van der Waals surface area contributed by atoms with Gasteiger partial charge in [0.25, 0.3) is 5.91 Å². The molecular weight excluding hydrogens is 376 g/mol. The molecule has 0 unspecified atom stereocenters. The van der Waals surface area contributed by atoms with Crippen LogP contribution in [0.5, 0.6) is 5.75 Å². The monoisotopic (exact) mass is 402 g/mol. The minimum atomic E-state index is -0.292. The Morgan fingerprint density at radius 3 is 1.90 bits per heavy atom. The average molecular weight is 402 g/mol. The van der Waals surface area contributed by atoms with E-state index in [1.165, 1.54) is 11.1 Å². The summed E-state index contributed by atoms with van der Waals surface area (Å²) < 4.78 is 5.08. The van der Waals surface area contributed by atoms with Gasteiger partial charge in [0, 0.05) is 18.0 Å². The fourth-order valence-corrected chi connectivity index (χ4v) is 3.32. The molecule has 3 rings (SSSR count). The maximum Gasteiger partial charge on any atom is 0.251 e. The molecule has 2 N–H and O–H groups in total. The first kappa shape index (κ1) is 21.1. The van der Waals surface area contributed by atoms with Crippen molar-refractivity contribution >= 4 is 11.8 Å². The lowest BCUT2D eigenvalue weighted by atomic mass is 9.88. The molecule has 5 nitrogen and oxygen atoms in total. The normalized spacial score (nSPS) is 10.5. The van der Waals surface area contributed by atoms with Gasteiger partial charge in [0.15, 0.2) is 0 Å². The molecule has 30 heavy (non-hydrogen) atoms. The number of hydrogen-bond donors (Lipinski definition) is 2. The van der Waals surface area contributed by atoms with Gasteiger partial charge in [0.1, 0.15) is 5.75 Å².